The van der Waals surface area contributed by atoms with E-state index in [2.05, 4.69) is 25.3 Å². The minimum absolute atomic E-state index is 0. The molecule has 0 aliphatic rings. The highest BCUT2D eigenvalue weighted by Crippen LogP contribution is 2.14. The van der Waals surface area contributed by atoms with E-state index in [0.717, 1.165) is 17.5 Å². The van der Waals surface area contributed by atoms with Crippen LogP contribution in [0.25, 0.3) is 0 Å². The van der Waals surface area contributed by atoms with Crippen LogP contribution in [0.15, 0.2) is 27.6 Å². The Labute approximate surface area is 181 Å². The predicted molar refractivity (Wildman–Crippen MR) is 118 cm³/mol. The number of anilines is 1. The van der Waals surface area contributed by atoms with Gasteiger partial charge in [0.15, 0.2) is 5.96 Å². The molecule has 11 heteroatoms. The standard InChI is InChI=1S/C17H24FN5O3S.HI/c1-11-5-6-14(9-15(11)18)23-27(24,25)8-7-20-17(19-4)21-10-16-22-12(2)13(3)26-16;/h5-6,9,23H,7-8,10H2,1-4H3,(H2,19,20,21);1H. The largest absolute Gasteiger partial charge is 0.444 e. The first-order chi connectivity index (χ1) is 12.7. The van der Waals surface area contributed by atoms with Crippen molar-refractivity contribution >= 4 is 45.6 Å². The maximum Gasteiger partial charge on any atom is 0.234 e. The summed E-state index contributed by atoms with van der Waals surface area (Å²) in [6.07, 6.45) is 0. The molecule has 0 aliphatic heterocycles. The van der Waals surface area contributed by atoms with E-state index in [0.29, 0.717) is 24.0 Å². The SMILES string of the molecule is CN=C(NCCS(=O)(=O)Nc1ccc(C)c(F)c1)NCc1nc(C)c(C)o1.I. The highest BCUT2D eigenvalue weighted by atomic mass is 127. The fourth-order valence-electron chi connectivity index (χ4n) is 2.19. The molecule has 0 fully saturated rings. The molecule has 0 bridgehead atoms. The molecule has 0 amide bonds. The number of aromatic nitrogens is 1. The second-order valence-electron chi connectivity index (χ2n) is 5.99. The number of nitrogens with one attached hydrogen (secondary N) is 3. The molecule has 0 spiro atoms. The van der Waals surface area contributed by atoms with Crippen molar-refractivity contribution in [1.82, 2.24) is 15.6 Å². The summed E-state index contributed by atoms with van der Waals surface area (Å²) in [5.41, 5.74) is 1.46. The summed E-state index contributed by atoms with van der Waals surface area (Å²) in [4.78, 5) is 8.27. The Morgan fingerprint density at radius 2 is 1.96 bits per heavy atom. The van der Waals surface area contributed by atoms with Crippen molar-refractivity contribution in [3.05, 3.63) is 46.9 Å². The molecule has 0 saturated heterocycles. The summed E-state index contributed by atoms with van der Waals surface area (Å²) >= 11 is 0. The normalized spacial score (nSPS) is 11.7. The number of guanidine groups is 1. The molecule has 1 aromatic heterocycles. The van der Waals surface area contributed by atoms with Crippen LogP contribution in [-0.4, -0.2) is 38.7 Å². The Hall–Kier alpha value is -1.89. The van der Waals surface area contributed by atoms with Crippen LogP contribution < -0.4 is 15.4 Å². The number of nitrogens with zero attached hydrogens (tertiary/aromatic N) is 2. The van der Waals surface area contributed by atoms with Gasteiger partial charge in [0.25, 0.3) is 0 Å². The summed E-state index contributed by atoms with van der Waals surface area (Å²) in [6, 6.07) is 4.19. The van der Waals surface area contributed by atoms with Crippen LogP contribution in [0.3, 0.4) is 0 Å². The highest BCUT2D eigenvalue weighted by molar-refractivity contribution is 14.0. The van der Waals surface area contributed by atoms with Crippen LogP contribution in [0.1, 0.15) is 22.9 Å². The van der Waals surface area contributed by atoms with Gasteiger partial charge in [-0.15, -0.1) is 24.0 Å². The quantitative estimate of drug-likeness (QED) is 0.291. The predicted octanol–water partition coefficient (Wildman–Crippen LogP) is 2.46. The third kappa shape index (κ3) is 7.26. The number of aryl methyl sites for hydroxylation is 3. The third-order valence-corrected chi connectivity index (χ3v) is 5.10. The van der Waals surface area contributed by atoms with Gasteiger partial charge in [0.1, 0.15) is 11.6 Å². The number of aliphatic imine (C=N–C) groups is 1. The minimum atomic E-state index is -3.63. The molecule has 8 nitrogen and oxygen atoms in total. The molecule has 3 N–H and O–H groups in total. The lowest BCUT2D eigenvalue weighted by Gasteiger charge is -2.12. The molecule has 156 valence electrons. The topological polar surface area (TPSA) is 109 Å². The van der Waals surface area contributed by atoms with Crippen molar-refractivity contribution in [2.24, 2.45) is 4.99 Å². The summed E-state index contributed by atoms with van der Waals surface area (Å²) in [5.74, 6) is 1.01. The van der Waals surface area contributed by atoms with Gasteiger partial charge in [-0.25, -0.2) is 17.8 Å². The number of benzene rings is 1. The van der Waals surface area contributed by atoms with Gasteiger partial charge >= 0.3 is 0 Å². The lowest BCUT2D eigenvalue weighted by molar-refractivity contribution is 0.464. The molecule has 1 aromatic carbocycles. The van der Waals surface area contributed by atoms with Crippen molar-refractivity contribution in [3.63, 3.8) is 0 Å². The van der Waals surface area contributed by atoms with Gasteiger partial charge in [-0.3, -0.25) is 9.71 Å². The number of hydrogen-bond donors (Lipinski definition) is 3. The second-order valence-corrected chi connectivity index (χ2v) is 7.83. The molecule has 0 atom stereocenters. The fraction of sp³-hybridized carbons (Fsp3) is 0.412. The molecule has 0 radical (unpaired) electrons. The summed E-state index contributed by atoms with van der Waals surface area (Å²) in [6.45, 7) is 5.73. The van der Waals surface area contributed by atoms with Crippen molar-refractivity contribution in [3.8, 4) is 0 Å². The molecule has 0 aliphatic carbocycles. The lowest BCUT2D eigenvalue weighted by Crippen LogP contribution is -2.39. The van der Waals surface area contributed by atoms with Gasteiger partial charge in [-0.05, 0) is 38.5 Å². The van der Waals surface area contributed by atoms with Crippen LogP contribution in [-0.2, 0) is 16.6 Å². The van der Waals surface area contributed by atoms with E-state index in [9.17, 15) is 12.8 Å². The van der Waals surface area contributed by atoms with Crippen LogP contribution >= 0.6 is 24.0 Å². The van der Waals surface area contributed by atoms with E-state index in [1.807, 2.05) is 13.8 Å². The number of hydrogen-bond acceptors (Lipinski definition) is 5. The first kappa shape index (κ1) is 24.1. The van der Waals surface area contributed by atoms with Gasteiger partial charge in [0, 0.05) is 13.6 Å². The molecule has 28 heavy (non-hydrogen) atoms. The van der Waals surface area contributed by atoms with Crippen molar-refractivity contribution < 1.29 is 17.2 Å². The third-order valence-electron chi connectivity index (χ3n) is 3.81. The van der Waals surface area contributed by atoms with Crippen molar-refractivity contribution in [2.75, 3.05) is 24.1 Å². The smallest absolute Gasteiger partial charge is 0.234 e. The van der Waals surface area contributed by atoms with Crippen LogP contribution in [0, 0.1) is 26.6 Å². The monoisotopic (exact) mass is 525 g/mol. The van der Waals surface area contributed by atoms with Gasteiger partial charge in [-0.1, -0.05) is 6.07 Å². The Morgan fingerprint density at radius 3 is 2.54 bits per heavy atom. The summed E-state index contributed by atoms with van der Waals surface area (Å²) < 4.78 is 45.6. The van der Waals surface area contributed by atoms with Crippen LogP contribution in [0.5, 0.6) is 0 Å². The van der Waals surface area contributed by atoms with Gasteiger partial charge in [0.05, 0.1) is 23.7 Å². The first-order valence-corrected chi connectivity index (χ1v) is 9.99. The zero-order valence-corrected chi connectivity index (χ0v) is 19.3. The van der Waals surface area contributed by atoms with Crippen LogP contribution in [0.2, 0.25) is 0 Å². The molecular formula is C17H25FIN5O3S. The van der Waals surface area contributed by atoms with E-state index in [4.69, 9.17) is 4.42 Å². The Bertz CT molecular complexity index is 911. The number of oxazole rings is 1. The van der Waals surface area contributed by atoms with Gasteiger partial charge < -0.3 is 15.1 Å². The second kappa shape index (κ2) is 10.6. The van der Waals surface area contributed by atoms with Crippen molar-refractivity contribution in [1.29, 1.82) is 0 Å². The fourth-order valence-corrected chi connectivity index (χ4v) is 3.14. The van der Waals surface area contributed by atoms with E-state index in [1.54, 1.807) is 14.0 Å². The summed E-state index contributed by atoms with van der Waals surface area (Å²) in [7, 11) is -2.06. The summed E-state index contributed by atoms with van der Waals surface area (Å²) in [5, 5.41) is 5.89. The van der Waals surface area contributed by atoms with E-state index < -0.39 is 15.8 Å². The first-order valence-electron chi connectivity index (χ1n) is 8.34. The average Bonchev–Trinajstić information content (AvgIpc) is 2.92. The number of rotatable bonds is 7. The molecular weight excluding hydrogens is 500 g/mol. The lowest BCUT2D eigenvalue weighted by atomic mass is 10.2. The Balaban J connectivity index is 0.00000392. The maximum atomic E-state index is 13.5. The van der Waals surface area contributed by atoms with Gasteiger partial charge in [0.2, 0.25) is 15.9 Å². The number of halogens is 2. The Kier molecular flexibility index (Phi) is 9.14. The van der Waals surface area contributed by atoms with E-state index in [-0.39, 0.29) is 42.0 Å². The van der Waals surface area contributed by atoms with E-state index >= 15 is 0 Å². The van der Waals surface area contributed by atoms with Gasteiger partial charge in [-0.2, -0.15) is 0 Å². The minimum Gasteiger partial charge on any atom is -0.444 e. The average molecular weight is 525 g/mol. The maximum absolute atomic E-state index is 13.5. The zero-order chi connectivity index (χ0) is 20.0. The van der Waals surface area contributed by atoms with E-state index in [1.165, 1.54) is 12.1 Å². The van der Waals surface area contributed by atoms with Crippen molar-refractivity contribution in [2.45, 2.75) is 27.3 Å². The molecule has 2 aromatic rings. The zero-order valence-electron chi connectivity index (χ0n) is 16.2. The molecule has 1 heterocycles. The number of sulfonamides is 1. The highest BCUT2D eigenvalue weighted by Gasteiger charge is 2.12. The molecule has 0 unspecified atom stereocenters. The van der Waals surface area contributed by atoms with Crippen LogP contribution in [0.4, 0.5) is 10.1 Å². The molecule has 0 saturated carbocycles. The molecule has 2 rings (SSSR count). The Morgan fingerprint density at radius 1 is 1.25 bits per heavy atom.